The van der Waals surface area contributed by atoms with Gasteiger partial charge < -0.3 is 10.2 Å². The number of halogens is 1. The topological polar surface area (TPSA) is 48.5 Å². The molecular weight excluding hydrogens is 276 g/mol. The number of nitrogens with one attached hydrogen (secondary N) is 1. The van der Waals surface area contributed by atoms with Crippen LogP contribution < -0.4 is 5.32 Å². The van der Waals surface area contributed by atoms with E-state index in [0.29, 0.717) is 22.4 Å². The first-order valence-electron chi connectivity index (χ1n) is 6.89. The number of hydrogen-bond acceptors (Lipinski definition) is 4. The number of carbonyl (C=O) groups is 1. The molecule has 1 aliphatic rings. The maximum absolute atomic E-state index is 12.4. The van der Waals surface area contributed by atoms with E-state index in [2.05, 4.69) is 29.0 Å². The van der Waals surface area contributed by atoms with Crippen LogP contribution in [0.4, 0.5) is 5.82 Å². The van der Waals surface area contributed by atoms with Crippen molar-refractivity contribution < 1.29 is 4.79 Å². The highest BCUT2D eigenvalue weighted by molar-refractivity contribution is 6.33. The van der Waals surface area contributed by atoms with Gasteiger partial charge in [-0.1, -0.05) is 11.6 Å². The van der Waals surface area contributed by atoms with Crippen LogP contribution in [0.25, 0.3) is 0 Å². The fourth-order valence-electron chi connectivity index (χ4n) is 2.36. The highest BCUT2D eigenvalue weighted by Gasteiger charge is 2.23. The standard InChI is InChI=1S/C14H21ClN4O/c1-10(2)18-4-6-19(7-5-18)14(20)11-8-12(15)13(16-3)17-9-11/h8-10H,4-7H2,1-3H3,(H,16,17). The Labute approximate surface area is 124 Å². The van der Waals surface area contributed by atoms with E-state index in [9.17, 15) is 4.79 Å². The molecule has 5 nitrogen and oxygen atoms in total. The van der Waals surface area contributed by atoms with E-state index in [1.165, 1.54) is 0 Å². The van der Waals surface area contributed by atoms with Crippen LogP contribution >= 0.6 is 11.6 Å². The third kappa shape index (κ3) is 3.22. The third-order valence-corrected chi connectivity index (χ3v) is 3.94. The Morgan fingerprint density at radius 1 is 1.35 bits per heavy atom. The van der Waals surface area contributed by atoms with Crippen LogP contribution in [0.1, 0.15) is 24.2 Å². The fraction of sp³-hybridized carbons (Fsp3) is 0.571. The minimum Gasteiger partial charge on any atom is -0.372 e. The van der Waals surface area contributed by atoms with Crippen molar-refractivity contribution in [1.29, 1.82) is 0 Å². The van der Waals surface area contributed by atoms with Crippen LogP contribution in [0.3, 0.4) is 0 Å². The SMILES string of the molecule is CNc1ncc(C(=O)N2CCN(C(C)C)CC2)cc1Cl. The van der Waals surface area contributed by atoms with E-state index >= 15 is 0 Å². The Hall–Kier alpha value is -1.33. The van der Waals surface area contributed by atoms with Gasteiger partial charge in [0.2, 0.25) is 0 Å². The largest absolute Gasteiger partial charge is 0.372 e. The van der Waals surface area contributed by atoms with Crippen molar-refractivity contribution in [2.24, 2.45) is 0 Å². The fourth-order valence-corrected chi connectivity index (χ4v) is 2.62. The Balaban J connectivity index is 2.04. The molecule has 6 heteroatoms. The van der Waals surface area contributed by atoms with Gasteiger partial charge in [0.1, 0.15) is 5.82 Å². The van der Waals surface area contributed by atoms with Gasteiger partial charge in [0, 0.05) is 45.5 Å². The molecule has 2 heterocycles. The molecule has 1 aromatic heterocycles. The zero-order valence-electron chi connectivity index (χ0n) is 12.2. The van der Waals surface area contributed by atoms with Gasteiger partial charge in [-0.05, 0) is 19.9 Å². The molecule has 0 saturated carbocycles. The molecule has 0 spiro atoms. The summed E-state index contributed by atoms with van der Waals surface area (Å²) in [6.45, 7) is 7.69. The molecule has 0 aromatic carbocycles. The van der Waals surface area contributed by atoms with Crippen LogP contribution in [0.2, 0.25) is 5.02 Å². The molecule has 0 aliphatic carbocycles. The summed E-state index contributed by atoms with van der Waals surface area (Å²) >= 11 is 6.07. The number of hydrogen-bond donors (Lipinski definition) is 1. The molecule has 1 N–H and O–H groups in total. The summed E-state index contributed by atoms with van der Waals surface area (Å²) in [6, 6.07) is 2.20. The molecule has 0 radical (unpaired) electrons. The number of anilines is 1. The zero-order valence-corrected chi connectivity index (χ0v) is 12.9. The lowest BCUT2D eigenvalue weighted by molar-refractivity contribution is 0.0595. The number of piperazine rings is 1. The lowest BCUT2D eigenvalue weighted by atomic mass is 10.2. The molecule has 2 rings (SSSR count). The average Bonchev–Trinajstić information content (AvgIpc) is 2.46. The molecule has 0 atom stereocenters. The van der Waals surface area contributed by atoms with Gasteiger partial charge in [0.25, 0.3) is 5.91 Å². The maximum atomic E-state index is 12.4. The number of nitrogens with zero attached hydrogens (tertiary/aromatic N) is 3. The van der Waals surface area contributed by atoms with E-state index in [4.69, 9.17) is 11.6 Å². The zero-order chi connectivity index (χ0) is 14.7. The van der Waals surface area contributed by atoms with E-state index in [0.717, 1.165) is 26.2 Å². The molecular formula is C14H21ClN4O. The van der Waals surface area contributed by atoms with E-state index in [-0.39, 0.29) is 5.91 Å². The summed E-state index contributed by atoms with van der Waals surface area (Å²) < 4.78 is 0. The van der Waals surface area contributed by atoms with Gasteiger partial charge in [-0.25, -0.2) is 4.98 Å². The summed E-state index contributed by atoms with van der Waals surface area (Å²) in [7, 11) is 1.75. The van der Waals surface area contributed by atoms with Crippen LogP contribution in [-0.4, -0.2) is 60.0 Å². The molecule has 1 amide bonds. The van der Waals surface area contributed by atoms with Crippen molar-refractivity contribution in [2.45, 2.75) is 19.9 Å². The first kappa shape index (κ1) is 15.1. The number of amides is 1. The number of carbonyl (C=O) groups excluding carboxylic acids is 1. The van der Waals surface area contributed by atoms with E-state index in [1.807, 2.05) is 4.90 Å². The molecule has 110 valence electrons. The van der Waals surface area contributed by atoms with Gasteiger partial charge in [-0.15, -0.1) is 0 Å². The smallest absolute Gasteiger partial charge is 0.255 e. The van der Waals surface area contributed by atoms with Crippen LogP contribution in [0.15, 0.2) is 12.3 Å². The Morgan fingerprint density at radius 2 is 2.00 bits per heavy atom. The quantitative estimate of drug-likeness (QED) is 0.926. The summed E-state index contributed by atoms with van der Waals surface area (Å²) in [5.74, 6) is 0.596. The van der Waals surface area contributed by atoms with E-state index < -0.39 is 0 Å². The van der Waals surface area contributed by atoms with Crippen LogP contribution in [0.5, 0.6) is 0 Å². The van der Waals surface area contributed by atoms with Gasteiger partial charge >= 0.3 is 0 Å². The monoisotopic (exact) mass is 296 g/mol. The Bertz CT molecular complexity index is 484. The summed E-state index contributed by atoms with van der Waals surface area (Å²) in [6.07, 6.45) is 1.58. The van der Waals surface area contributed by atoms with Gasteiger partial charge in [-0.3, -0.25) is 9.69 Å². The molecule has 1 saturated heterocycles. The van der Waals surface area contributed by atoms with Crippen molar-refractivity contribution >= 4 is 23.3 Å². The number of rotatable bonds is 3. The molecule has 20 heavy (non-hydrogen) atoms. The van der Waals surface area contributed by atoms with Crippen molar-refractivity contribution in [3.63, 3.8) is 0 Å². The van der Waals surface area contributed by atoms with E-state index in [1.54, 1.807) is 19.3 Å². The predicted molar refractivity (Wildman–Crippen MR) is 81.4 cm³/mol. The predicted octanol–water partition coefficient (Wildman–Crippen LogP) is 1.94. The highest BCUT2D eigenvalue weighted by Crippen LogP contribution is 2.20. The summed E-state index contributed by atoms with van der Waals surface area (Å²) in [5.41, 5.74) is 0.548. The maximum Gasteiger partial charge on any atom is 0.255 e. The number of aromatic nitrogens is 1. The molecule has 1 aliphatic heterocycles. The molecule has 0 unspecified atom stereocenters. The van der Waals surface area contributed by atoms with Gasteiger partial charge in [-0.2, -0.15) is 0 Å². The second-order valence-corrected chi connectivity index (χ2v) is 5.63. The Morgan fingerprint density at radius 3 is 2.50 bits per heavy atom. The van der Waals surface area contributed by atoms with Crippen LogP contribution in [0, 0.1) is 0 Å². The Kier molecular flexibility index (Phi) is 4.83. The summed E-state index contributed by atoms with van der Waals surface area (Å²) in [4.78, 5) is 20.8. The lowest BCUT2D eigenvalue weighted by Gasteiger charge is -2.36. The van der Waals surface area contributed by atoms with Crippen molar-refractivity contribution in [3.05, 3.63) is 22.8 Å². The van der Waals surface area contributed by atoms with Crippen molar-refractivity contribution in [3.8, 4) is 0 Å². The molecule has 1 aromatic rings. The number of pyridine rings is 1. The minimum absolute atomic E-state index is 0.00505. The second-order valence-electron chi connectivity index (χ2n) is 5.23. The third-order valence-electron chi connectivity index (χ3n) is 3.66. The summed E-state index contributed by atoms with van der Waals surface area (Å²) in [5, 5.41) is 3.36. The first-order chi connectivity index (χ1) is 9.52. The highest BCUT2D eigenvalue weighted by atomic mass is 35.5. The van der Waals surface area contributed by atoms with Gasteiger partial charge in [0.05, 0.1) is 10.6 Å². The van der Waals surface area contributed by atoms with Crippen LogP contribution in [-0.2, 0) is 0 Å². The average molecular weight is 297 g/mol. The first-order valence-corrected chi connectivity index (χ1v) is 7.27. The van der Waals surface area contributed by atoms with Crippen molar-refractivity contribution in [1.82, 2.24) is 14.8 Å². The van der Waals surface area contributed by atoms with Crippen molar-refractivity contribution in [2.75, 3.05) is 38.5 Å². The van der Waals surface area contributed by atoms with Gasteiger partial charge in [0.15, 0.2) is 0 Å². The lowest BCUT2D eigenvalue weighted by Crippen LogP contribution is -2.50. The second kappa shape index (κ2) is 6.41. The normalized spacial score (nSPS) is 16.6. The minimum atomic E-state index is 0.00505. The molecule has 0 bridgehead atoms. The molecule has 1 fully saturated rings.